The second-order valence-electron chi connectivity index (χ2n) is 5.58. The molecule has 0 aromatic rings. The molecular formula is C12H26N2O. The third-order valence-electron chi connectivity index (χ3n) is 3.61. The van der Waals surface area contributed by atoms with Crippen LogP contribution >= 0.6 is 0 Å². The highest BCUT2D eigenvalue weighted by atomic mass is 16.3. The van der Waals surface area contributed by atoms with E-state index in [-0.39, 0.29) is 6.61 Å². The molecule has 0 amide bonds. The number of hydrogen-bond donors (Lipinski definition) is 2. The molecule has 15 heavy (non-hydrogen) atoms. The van der Waals surface area contributed by atoms with Gasteiger partial charge >= 0.3 is 0 Å². The van der Waals surface area contributed by atoms with Crippen molar-refractivity contribution in [2.24, 2.45) is 11.7 Å². The predicted octanol–water partition coefficient (Wildman–Crippen LogP) is 1.21. The van der Waals surface area contributed by atoms with Crippen LogP contribution in [0.3, 0.4) is 0 Å². The van der Waals surface area contributed by atoms with Crippen molar-refractivity contribution in [3.63, 3.8) is 0 Å². The Kier molecular flexibility index (Phi) is 4.56. The fraction of sp³-hybridized carbons (Fsp3) is 1.00. The van der Waals surface area contributed by atoms with E-state index in [9.17, 15) is 0 Å². The number of rotatable bonds is 4. The SMILES string of the molecule is CC1CCN(CCC(C)(N)CO)C(C)C1. The van der Waals surface area contributed by atoms with Crippen molar-refractivity contribution in [3.8, 4) is 0 Å². The van der Waals surface area contributed by atoms with Crippen LogP contribution in [0.1, 0.15) is 40.0 Å². The minimum atomic E-state index is -0.414. The smallest absolute Gasteiger partial charge is 0.0608 e. The zero-order valence-corrected chi connectivity index (χ0v) is 10.4. The maximum atomic E-state index is 9.09. The van der Waals surface area contributed by atoms with Gasteiger partial charge in [0.1, 0.15) is 0 Å². The molecular weight excluding hydrogens is 188 g/mol. The lowest BCUT2D eigenvalue weighted by Crippen LogP contribution is -2.47. The molecule has 0 aromatic carbocycles. The molecule has 3 nitrogen and oxygen atoms in total. The Morgan fingerprint density at radius 3 is 2.67 bits per heavy atom. The quantitative estimate of drug-likeness (QED) is 0.739. The van der Waals surface area contributed by atoms with Gasteiger partial charge in [-0.2, -0.15) is 0 Å². The van der Waals surface area contributed by atoms with Crippen LogP contribution in [0.15, 0.2) is 0 Å². The number of likely N-dealkylation sites (tertiary alicyclic amines) is 1. The van der Waals surface area contributed by atoms with Gasteiger partial charge in [0.25, 0.3) is 0 Å². The standard InChI is InChI=1S/C12H26N2O/c1-10-4-6-14(11(2)8-10)7-5-12(3,13)9-15/h10-11,15H,4-9,13H2,1-3H3. The molecule has 0 radical (unpaired) electrons. The molecule has 3 N–H and O–H groups in total. The van der Waals surface area contributed by atoms with Gasteiger partial charge in [-0.3, -0.25) is 0 Å². The molecule has 3 atom stereocenters. The summed E-state index contributed by atoms with van der Waals surface area (Å²) in [5, 5.41) is 9.09. The Labute approximate surface area is 93.6 Å². The molecule has 3 unspecified atom stereocenters. The Bertz CT molecular complexity index is 194. The summed E-state index contributed by atoms with van der Waals surface area (Å²) in [6.45, 7) is 8.82. The van der Waals surface area contributed by atoms with Crippen LogP contribution < -0.4 is 5.73 Å². The Hall–Kier alpha value is -0.120. The van der Waals surface area contributed by atoms with Crippen LogP contribution in [0.5, 0.6) is 0 Å². The predicted molar refractivity (Wildman–Crippen MR) is 63.7 cm³/mol. The molecule has 3 heteroatoms. The van der Waals surface area contributed by atoms with E-state index >= 15 is 0 Å². The van der Waals surface area contributed by atoms with Crippen LogP contribution in [0.25, 0.3) is 0 Å². The lowest BCUT2D eigenvalue weighted by molar-refractivity contribution is 0.108. The van der Waals surface area contributed by atoms with Gasteiger partial charge in [-0.15, -0.1) is 0 Å². The summed E-state index contributed by atoms with van der Waals surface area (Å²) in [6, 6.07) is 0.670. The van der Waals surface area contributed by atoms with Gasteiger partial charge < -0.3 is 15.7 Å². The molecule has 0 aliphatic carbocycles. The van der Waals surface area contributed by atoms with Crippen LogP contribution in [0.4, 0.5) is 0 Å². The summed E-state index contributed by atoms with van der Waals surface area (Å²) in [7, 11) is 0. The first-order valence-electron chi connectivity index (χ1n) is 6.08. The highest BCUT2D eigenvalue weighted by Gasteiger charge is 2.25. The molecule has 1 saturated heterocycles. The first-order valence-corrected chi connectivity index (χ1v) is 6.08. The topological polar surface area (TPSA) is 49.5 Å². The third-order valence-corrected chi connectivity index (χ3v) is 3.61. The van der Waals surface area contributed by atoms with Crippen molar-refractivity contribution < 1.29 is 5.11 Å². The van der Waals surface area contributed by atoms with E-state index < -0.39 is 5.54 Å². The number of nitrogens with zero attached hydrogens (tertiary/aromatic N) is 1. The van der Waals surface area contributed by atoms with Crippen LogP contribution in [0.2, 0.25) is 0 Å². The summed E-state index contributed by atoms with van der Waals surface area (Å²) in [5.41, 5.74) is 5.52. The van der Waals surface area contributed by atoms with E-state index in [0.717, 1.165) is 18.9 Å². The Balaban J connectivity index is 2.33. The number of nitrogens with two attached hydrogens (primary N) is 1. The lowest BCUT2D eigenvalue weighted by atomic mass is 9.92. The van der Waals surface area contributed by atoms with E-state index in [2.05, 4.69) is 18.7 Å². The van der Waals surface area contributed by atoms with Gasteiger partial charge in [0.15, 0.2) is 0 Å². The average Bonchev–Trinajstić information content (AvgIpc) is 2.16. The summed E-state index contributed by atoms with van der Waals surface area (Å²) >= 11 is 0. The van der Waals surface area contributed by atoms with Gasteiger partial charge in [-0.1, -0.05) is 6.92 Å². The summed E-state index contributed by atoms with van der Waals surface area (Å²) in [6.07, 6.45) is 3.47. The first kappa shape index (κ1) is 12.9. The van der Waals surface area contributed by atoms with Gasteiger partial charge in [-0.05, 0) is 45.6 Å². The van der Waals surface area contributed by atoms with E-state index in [1.165, 1.54) is 19.4 Å². The van der Waals surface area contributed by atoms with Crippen molar-refractivity contribution >= 4 is 0 Å². The van der Waals surface area contributed by atoms with Gasteiger partial charge in [0.2, 0.25) is 0 Å². The molecule has 0 spiro atoms. The van der Waals surface area contributed by atoms with Crippen LogP contribution in [-0.4, -0.2) is 41.3 Å². The molecule has 1 aliphatic heterocycles. The fourth-order valence-electron chi connectivity index (χ4n) is 2.27. The number of piperidine rings is 1. The maximum absolute atomic E-state index is 9.09. The number of aliphatic hydroxyl groups excluding tert-OH is 1. The monoisotopic (exact) mass is 214 g/mol. The molecule has 1 rings (SSSR count). The molecule has 0 aromatic heterocycles. The summed E-state index contributed by atoms with van der Waals surface area (Å²) in [5.74, 6) is 0.860. The maximum Gasteiger partial charge on any atom is 0.0608 e. The summed E-state index contributed by atoms with van der Waals surface area (Å²) < 4.78 is 0. The second kappa shape index (κ2) is 5.28. The third kappa shape index (κ3) is 4.09. The van der Waals surface area contributed by atoms with Crippen molar-refractivity contribution in [1.29, 1.82) is 0 Å². The van der Waals surface area contributed by atoms with Crippen LogP contribution in [0, 0.1) is 5.92 Å². The highest BCUT2D eigenvalue weighted by Crippen LogP contribution is 2.22. The average molecular weight is 214 g/mol. The van der Waals surface area contributed by atoms with Crippen LogP contribution in [-0.2, 0) is 0 Å². The molecule has 0 saturated carbocycles. The zero-order chi connectivity index (χ0) is 11.5. The van der Waals surface area contributed by atoms with Crippen molar-refractivity contribution in [2.45, 2.75) is 51.6 Å². The summed E-state index contributed by atoms with van der Waals surface area (Å²) in [4.78, 5) is 2.50. The van der Waals surface area contributed by atoms with E-state index in [1.54, 1.807) is 0 Å². The zero-order valence-electron chi connectivity index (χ0n) is 10.4. The first-order chi connectivity index (χ1) is 6.94. The van der Waals surface area contributed by atoms with Gasteiger partial charge in [0, 0.05) is 18.1 Å². The number of hydrogen-bond acceptors (Lipinski definition) is 3. The second-order valence-corrected chi connectivity index (χ2v) is 5.58. The van der Waals surface area contributed by atoms with Gasteiger partial charge in [0.05, 0.1) is 6.61 Å². The van der Waals surface area contributed by atoms with Crippen molar-refractivity contribution in [3.05, 3.63) is 0 Å². The Morgan fingerprint density at radius 1 is 1.47 bits per heavy atom. The Morgan fingerprint density at radius 2 is 2.13 bits per heavy atom. The number of aliphatic hydroxyl groups is 1. The van der Waals surface area contributed by atoms with E-state index in [0.29, 0.717) is 6.04 Å². The van der Waals surface area contributed by atoms with Crippen molar-refractivity contribution in [1.82, 2.24) is 4.90 Å². The molecule has 1 aliphatic rings. The minimum absolute atomic E-state index is 0.0750. The normalized spacial score (nSPS) is 32.6. The molecule has 1 heterocycles. The van der Waals surface area contributed by atoms with E-state index in [1.807, 2.05) is 6.92 Å². The fourth-order valence-corrected chi connectivity index (χ4v) is 2.27. The molecule has 90 valence electrons. The largest absolute Gasteiger partial charge is 0.394 e. The molecule has 1 fully saturated rings. The van der Waals surface area contributed by atoms with E-state index in [4.69, 9.17) is 10.8 Å². The van der Waals surface area contributed by atoms with Crippen molar-refractivity contribution in [2.75, 3.05) is 19.7 Å². The van der Waals surface area contributed by atoms with Gasteiger partial charge in [-0.25, -0.2) is 0 Å². The molecule has 0 bridgehead atoms. The lowest BCUT2D eigenvalue weighted by Gasteiger charge is -2.38. The highest BCUT2D eigenvalue weighted by molar-refractivity contribution is 4.82. The minimum Gasteiger partial charge on any atom is -0.394 e.